The Morgan fingerprint density at radius 1 is 1.45 bits per heavy atom. The zero-order valence-electron chi connectivity index (χ0n) is 12.0. The molecule has 1 aliphatic rings. The lowest BCUT2D eigenvalue weighted by Crippen LogP contribution is -2.55. The highest BCUT2D eigenvalue weighted by Crippen LogP contribution is 2.17. The average molecular weight is 297 g/mol. The minimum absolute atomic E-state index is 0.138. The second-order valence-corrected chi connectivity index (χ2v) is 5.57. The van der Waals surface area contributed by atoms with E-state index in [-0.39, 0.29) is 12.0 Å². The molecule has 110 valence electrons. The van der Waals surface area contributed by atoms with Crippen LogP contribution in [0.3, 0.4) is 0 Å². The summed E-state index contributed by atoms with van der Waals surface area (Å²) in [7, 11) is 2.03. The summed E-state index contributed by atoms with van der Waals surface area (Å²) >= 11 is 6.02. The molecule has 0 amide bonds. The van der Waals surface area contributed by atoms with E-state index in [0.717, 1.165) is 30.2 Å². The number of likely N-dealkylation sites (N-methyl/N-ethyl adjacent to an activating group) is 1. The first-order chi connectivity index (χ1) is 9.60. The number of piperazine rings is 1. The van der Waals surface area contributed by atoms with Gasteiger partial charge in [-0.05, 0) is 31.7 Å². The molecule has 0 radical (unpaired) electrons. The van der Waals surface area contributed by atoms with Crippen molar-refractivity contribution in [3.63, 3.8) is 0 Å². The maximum atomic E-state index is 12.1. The molecule has 0 saturated carbocycles. The lowest BCUT2D eigenvalue weighted by Gasteiger charge is -2.38. The Morgan fingerprint density at radius 2 is 2.25 bits per heavy atom. The molecule has 2 rings (SSSR count). The number of carbonyl (C=O) groups excluding carboxylic acids is 1. The van der Waals surface area contributed by atoms with Crippen LogP contribution in [0.2, 0.25) is 5.02 Å². The highest BCUT2D eigenvalue weighted by Gasteiger charge is 2.31. The lowest BCUT2D eigenvalue weighted by atomic mass is 10.1. The zero-order chi connectivity index (χ0) is 14.5. The number of rotatable bonds is 4. The van der Waals surface area contributed by atoms with E-state index in [1.54, 1.807) is 0 Å². The van der Waals surface area contributed by atoms with Crippen LogP contribution < -0.4 is 0 Å². The summed E-state index contributed by atoms with van der Waals surface area (Å²) < 4.78 is 5.19. The number of hydrogen-bond donors (Lipinski definition) is 0. The number of carbonyl (C=O) groups is 1. The maximum Gasteiger partial charge on any atom is 0.324 e. The van der Waals surface area contributed by atoms with Gasteiger partial charge < -0.3 is 9.64 Å². The van der Waals surface area contributed by atoms with Gasteiger partial charge in [0.05, 0.1) is 6.61 Å². The summed E-state index contributed by atoms with van der Waals surface area (Å²) in [5, 5.41) is 0.726. The Hall–Kier alpha value is -1.10. The van der Waals surface area contributed by atoms with Crippen molar-refractivity contribution in [2.75, 3.05) is 33.3 Å². The molecule has 1 saturated heterocycles. The van der Waals surface area contributed by atoms with E-state index in [9.17, 15) is 4.79 Å². The van der Waals surface area contributed by atoms with Crippen molar-refractivity contribution in [1.82, 2.24) is 9.80 Å². The molecule has 1 atom stereocenters. The van der Waals surface area contributed by atoms with Crippen LogP contribution in [0.25, 0.3) is 0 Å². The molecule has 1 heterocycles. The number of esters is 1. The van der Waals surface area contributed by atoms with Gasteiger partial charge in [-0.1, -0.05) is 23.7 Å². The minimum atomic E-state index is -0.201. The first kappa shape index (κ1) is 15.3. The molecule has 1 aromatic rings. The van der Waals surface area contributed by atoms with Gasteiger partial charge in [0.2, 0.25) is 0 Å². The van der Waals surface area contributed by atoms with E-state index >= 15 is 0 Å². The Labute approximate surface area is 125 Å². The molecule has 0 N–H and O–H groups in total. The molecule has 0 aliphatic carbocycles. The van der Waals surface area contributed by atoms with Gasteiger partial charge in [-0.25, -0.2) is 0 Å². The summed E-state index contributed by atoms with van der Waals surface area (Å²) in [5.41, 5.74) is 1.12. The van der Waals surface area contributed by atoms with Gasteiger partial charge in [0.1, 0.15) is 6.04 Å². The van der Waals surface area contributed by atoms with Gasteiger partial charge >= 0.3 is 5.97 Å². The van der Waals surface area contributed by atoms with Crippen LogP contribution in [0.4, 0.5) is 0 Å². The van der Waals surface area contributed by atoms with E-state index in [0.29, 0.717) is 13.2 Å². The smallest absolute Gasteiger partial charge is 0.324 e. The van der Waals surface area contributed by atoms with E-state index in [4.69, 9.17) is 16.3 Å². The van der Waals surface area contributed by atoms with Crippen LogP contribution in [0, 0.1) is 0 Å². The molecule has 4 nitrogen and oxygen atoms in total. The van der Waals surface area contributed by atoms with Gasteiger partial charge in [0.25, 0.3) is 0 Å². The highest BCUT2D eigenvalue weighted by molar-refractivity contribution is 6.30. The summed E-state index contributed by atoms with van der Waals surface area (Å²) in [6.45, 7) is 5.50. The van der Waals surface area contributed by atoms with Gasteiger partial charge in [-0.15, -0.1) is 0 Å². The fraction of sp³-hybridized carbons (Fsp3) is 0.533. The van der Waals surface area contributed by atoms with Crippen LogP contribution in [-0.4, -0.2) is 55.1 Å². The van der Waals surface area contributed by atoms with Gasteiger partial charge in [-0.2, -0.15) is 0 Å². The molecule has 1 fully saturated rings. The summed E-state index contributed by atoms with van der Waals surface area (Å²) in [5.74, 6) is -0.138. The van der Waals surface area contributed by atoms with Crippen LogP contribution in [0.15, 0.2) is 24.3 Å². The van der Waals surface area contributed by atoms with Crippen molar-refractivity contribution < 1.29 is 9.53 Å². The van der Waals surface area contributed by atoms with E-state index in [2.05, 4.69) is 9.80 Å². The first-order valence-electron chi connectivity index (χ1n) is 6.94. The molecule has 5 heteroatoms. The zero-order valence-corrected chi connectivity index (χ0v) is 12.8. The summed E-state index contributed by atoms with van der Waals surface area (Å²) in [6.07, 6.45) is 0. The topological polar surface area (TPSA) is 32.8 Å². The summed E-state index contributed by atoms with van der Waals surface area (Å²) in [4.78, 5) is 16.4. The molecular formula is C15H21ClN2O2. The van der Waals surface area contributed by atoms with Gasteiger partial charge in [0, 0.05) is 31.2 Å². The molecular weight excluding hydrogens is 276 g/mol. The monoisotopic (exact) mass is 296 g/mol. The molecule has 1 unspecified atom stereocenters. The Bertz CT molecular complexity index is 467. The molecule has 20 heavy (non-hydrogen) atoms. The third kappa shape index (κ3) is 3.95. The Balaban J connectivity index is 2.08. The number of halogens is 1. The van der Waals surface area contributed by atoms with E-state index in [1.165, 1.54) is 0 Å². The van der Waals surface area contributed by atoms with Crippen molar-refractivity contribution in [2.24, 2.45) is 0 Å². The summed E-state index contributed by atoms with van der Waals surface area (Å²) in [6, 6.07) is 7.58. The van der Waals surface area contributed by atoms with Crippen molar-refractivity contribution in [2.45, 2.75) is 19.5 Å². The van der Waals surface area contributed by atoms with Crippen molar-refractivity contribution in [3.8, 4) is 0 Å². The molecule has 0 spiro atoms. The number of hydrogen-bond acceptors (Lipinski definition) is 4. The molecule has 1 aliphatic heterocycles. The highest BCUT2D eigenvalue weighted by atomic mass is 35.5. The van der Waals surface area contributed by atoms with Crippen LogP contribution in [0.1, 0.15) is 12.5 Å². The number of nitrogens with zero attached hydrogens (tertiary/aromatic N) is 2. The quantitative estimate of drug-likeness (QED) is 0.796. The predicted octanol–water partition coefficient (Wildman–Crippen LogP) is 2.02. The van der Waals surface area contributed by atoms with Crippen molar-refractivity contribution >= 4 is 17.6 Å². The van der Waals surface area contributed by atoms with Crippen LogP contribution in [0.5, 0.6) is 0 Å². The average Bonchev–Trinajstić information content (AvgIpc) is 2.41. The second-order valence-electron chi connectivity index (χ2n) is 5.13. The van der Waals surface area contributed by atoms with Gasteiger partial charge in [-0.3, -0.25) is 9.69 Å². The minimum Gasteiger partial charge on any atom is -0.465 e. The number of benzene rings is 1. The Morgan fingerprint density at radius 3 is 2.95 bits per heavy atom. The van der Waals surface area contributed by atoms with Crippen molar-refractivity contribution in [1.29, 1.82) is 0 Å². The lowest BCUT2D eigenvalue weighted by molar-refractivity contribution is -0.152. The largest absolute Gasteiger partial charge is 0.465 e. The molecule has 0 aromatic heterocycles. The van der Waals surface area contributed by atoms with E-state index < -0.39 is 0 Å². The molecule has 0 bridgehead atoms. The predicted molar refractivity (Wildman–Crippen MR) is 79.8 cm³/mol. The maximum absolute atomic E-state index is 12.1. The van der Waals surface area contributed by atoms with E-state index in [1.807, 2.05) is 38.2 Å². The third-order valence-corrected chi connectivity index (χ3v) is 3.76. The standard InChI is InChI=1S/C15H21ClN2O2/c1-3-20-15(19)14-11-17(2)7-8-18(14)10-12-5-4-6-13(16)9-12/h4-6,9,14H,3,7-8,10-11H2,1-2H3. The third-order valence-electron chi connectivity index (χ3n) is 3.53. The molecule has 1 aromatic carbocycles. The SMILES string of the molecule is CCOC(=O)C1CN(C)CCN1Cc1cccc(Cl)c1. The number of ether oxygens (including phenoxy) is 1. The van der Waals surface area contributed by atoms with Crippen LogP contribution >= 0.6 is 11.6 Å². The fourth-order valence-electron chi connectivity index (χ4n) is 2.48. The van der Waals surface area contributed by atoms with Gasteiger partial charge in [0.15, 0.2) is 0 Å². The Kier molecular flexibility index (Phi) is 5.40. The van der Waals surface area contributed by atoms with Crippen molar-refractivity contribution in [3.05, 3.63) is 34.9 Å². The normalized spacial score (nSPS) is 20.9. The fourth-order valence-corrected chi connectivity index (χ4v) is 2.69. The first-order valence-corrected chi connectivity index (χ1v) is 7.31. The van der Waals surface area contributed by atoms with Crippen LogP contribution in [-0.2, 0) is 16.1 Å². The second kappa shape index (κ2) is 7.07.